The van der Waals surface area contributed by atoms with E-state index in [1.807, 2.05) is 0 Å². The van der Waals surface area contributed by atoms with E-state index in [2.05, 4.69) is 47.5 Å². The first kappa shape index (κ1) is 14.6. The maximum atomic E-state index is 12.4. The first-order valence-electron chi connectivity index (χ1n) is 8.21. The Labute approximate surface area is 127 Å². The smallest absolute Gasteiger partial charge is 0.222 e. The number of nitrogens with one attached hydrogen (secondary N) is 1. The van der Waals surface area contributed by atoms with Gasteiger partial charge in [0, 0.05) is 24.9 Å². The molecule has 3 heteroatoms. The van der Waals surface area contributed by atoms with E-state index in [9.17, 15) is 4.79 Å². The van der Waals surface area contributed by atoms with Crippen LogP contribution in [0.25, 0.3) is 0 Å². The zero-order valence-electron chi connectivity index (χ0n) is 13.0. The fourth-order valence-electron chi connectivity index (χ4n) is 3.70. The van der Waals surface area contributed by atoms with Crippen LogP contribution in [0.3, 0.4) is 0 Å². The van der Waals surface area contributed by atoms with E-state index in [0.29, 0.717) is 11.8 Å². The predicted octanol–water partition coefficient (Wildman–Crippen LogP) is 2.57. The Hall–Kier alpha value is -1.35. The summed E-state index contributed by atoms with van der Waals surface area (Å²) in [7, 11) is 0. The van der Waals surface area contributed by atoms with Crippen molar-refractivity contribution in [3.8, 4) is 0 Å². The van der Waals surface area contributed by atoms with Crippen LogP contribution in [-0.2, 0) is 10.2 Å². The molecule has 0 bridgehead atoms. The van der Waals surface area contributed by atoms with Crippen LogP contribution in [-0.4, -0.2) is 37.0 Å². The second-order valence-electron chi connectivity index (χ2n) is 6.89. The Kier molecular flexibility index (Phi) is 4.29. The second kappa shape index (κ2) is 6.18. The number of rotatable bonds is 4. The lowest BCUT2D eigenvalue weighted by atomic mass is 9.82. The number of likely N-dealkylation sites (tertiary alicyclic amines) is 1. The van der Waals surface area contributed by atoms with Crippen molar-refractivity contribution in [3.05, 3.63) is 35.9 Å². The molecule has 0 radical (unpaired) electrons. The van der Waals surface area contributed by atoms with Gasteiger partial charge in [0.05, 0.1) is 0 Å². The Morgan fingerprint density at radius 3 is 2.90 bits per heavy atom. The van der Waals surface area contributed by atoms with Crippen molar-refractivity contribution in [3.63, 3.8) is 0 Å². The minimum absolute atomic E-state index is 0.131. The van der Waals surface area contributed by atoms with E-state index in [1.54, 1.807) is 0 Å². The van der Waals surface area contributed by atoms with Crippen molar-refractivity contribution in [2.45, 2.75) is 38.0 Å². The predicted molar refractivity (Wildman–Crippen MR) is 85.2 cm³/mol. The van der Waals surface area contributed by atoms with Crippen LogP contribution < -0.4 is 5.32 Å². The third kappa shape index (κ3) is 3.29. The molecule has 1 aromatic rings. The molecule has 0 spiro atoms. The Balaban J connectivity index is 1.55. The molecule has 1 amide bonds. The number of benzene rings is 1. The highest BCUT2D eigenvalue weighted by atomic mass is 16.2. The van der Waals surface area contributed by atoms with E-state index in [0.717, 1.165) is 45.4 Å². The molecule has 0 aromatic heterocycles. The molecular weight excluding hydrogens is 260 g/mol. The zero-order valence-corrected chi connectivity index (χ0v) is 13.0. The molecule has 3 rings (SSSR count). The molecule has 3 nitrogen and oxygen atoms in total. The lowest BCUT2D eigenvalue weighted by molar-refractivity contribution is -0.130. The average molecular weight is 286 g/mol. The summed E-state index contributed by atoms with van der Waals surface area (Å²) in [6.07, 6.45) is 4.07. The van der Waals surface area contributed by atoms with Crippen molar-refractivity contribution in [1.29, 1.82) is 0 Å². The minimum Gasteiger partial charge on any atom is -0.342 e. The van der Waals surface area contributed by atoms with Gasteiger partial charge in [-0.05, 0) is 43.8 Å². The van der Waals surface area contributed by atoms with Crippen molar-refractivity contribution < 1.29 is 4.79 Å². The third-order valence-electron chi connectivity index (χ3n) is 5.23. The van der Waals surface area contributed by atoms with Crippen LogP contribution in [0.15, 0.2) is 30.3 Å². The van der Waals surface area contributed by atoms with Crippen LogP contribution in [0.4, 0.5) is 0 Å². The van der Waals surface area contributed by atoms with Crippen LogP contribution in [0.5, 0.6) is 0 Å². The molecule has 114 valence electrons. The molecule has 2 atom stereocenters. The van der Waals surface area contributed by atoms with E-state index in [-0.39, 0.29) is 5.41 Å². The van der Waals surface area contributed by atoms with Gasteiger partial charge in [-0.25, -0.2) is 0 Å². The monoisotopic (exact) mass is 286 g/mol. The van der Waals surface area contributed by atoms with Crippen molar-refractivity contribution >= 4 is 5.91 Å². The Morgan fingerprint density at radius 2 is 2.19 bits per heavy atom. The summed E-state index contributed by atoms with van der Waals surface area (Å²) in [5, 5.41) is 3.38. The van der Waals surface area contributed by atoms with Crippen LogP contribution >= 0.6 is 0 Å². The average Bonchev–Trinajstić information content (AvgIpc) is 3.16. The van der Waals surface area contributed by atoms with Gasteiger partial charge in [-0.2, -0.15) is 0 Å². The molecule has 2 unspecified atom stereocenters. The Bertz CT molecular complexity index is 481. The van der Waals surface area contributed by atoms with Gasteiger partial charge >= 0.3 is 0 Å². The van der Waals surface area contributed by atoms with Gasteiger partial charge in [0.15, 0.2) is 0 Å². The first-order chi connectivity index (χ1) is 10.2. The summed E-state index contributed by atoms with van der Waals surface area (Å²) in [5.41, 5.74) is 1.49. The summed E-state index contributed by atoms with van der Waals surface area (Å²) < 4.78 is 0. The van der Waals surface area contributed by atoms with Gasteiger partial charge in [0.25, 0.3) is 0 Å². The van der Waals surface area contributed by atoms with Gasteiger partial charge in [0.2, 0.25) is 5.91 Å². The largest absolute Gasteiger partial charge is 0.342 e. The molecular formula is C18H26N2O. The molecule has 0 aliphatic carbocycles. The SMILES string of the molecule is CC1(c2ccccc2)CCN(C(=O)CCC2CCNC2)C1. The molecule has 1 aromatic carbocycles. The van der Waals surface area contributed by atoms with Crippen molar-refractivity contribution in [2.24, 2.45) is 5.92 Å². The topological polar surface area (TPSA) is 32.3 Å². The quantitative estimate of drug-likeness (QED) is 0.922. The second-order valence-corrected chi connectivity index (χ2v) is 6.89. The summed E-state index contributed by atoms with van der Waals surface area (Å²) >= 11 is 0. The van der Waals surface area contributed by atoms with E-state index in [1.165, 1.54) is 12.0 Å². The zero-order chi connectivity index (χ0) is 14.7. The summed E-state index contributed by atoms with van der Waals surface area (Å²) in [6, 6.07) is 10.6. The summed E-state index contributed by atoms with van der Waals surface area (Å²) in [5.74, 6) is 1.05. The van der Waals surface area contributed by atoms with Gasteiger partial charge in [-0.3, -0.25) is 4.79 Å². The molecule has 2 heterocycles. The fourth-order valence-corrected chi connectivity index (χ4v) is 3.70. The van der Waals surface area contributed by atoms with Crippen LogP contribution in [0.1, 0.15) is 38.2 Å². The van der Waals surface area contributed by atoms with Gasteiger partial charge in [-0.15, -0.1) is 0 Å². The van der Waals surface area contributed by atoms with Crippen molar-refractivity contribution in [1.82, 2.24) is 10.2 Å². The fraction of sp³-hybridized carbons (Fsp3) is 0.611. The minimum atomic E-state index is 0.131. The number of hydrogen-bond donors (Lipinski definition) is 1. The molecule has 2 saturated heterocycles. The molecule has 0 saturated carbocycles. The van der Waals surface area contributed by atoms with Gasteiger partial charge < -0.3 is 10.2 Å². The normalized spacial score (nSPS) is 29.0. The lowest BCUT2D eigenvalue weighted by Crippen LogP contribution is -2.33. The summed E-state index contributed by atoms with van der Waals surface area (Å²) in [6.45, 7) is 6.28. The first-order valence-corrected chi connectivity index (χ1v) is 8.21. The highest BCUT2D eigenvalue weighted by Crippen LogP contribution is 2.34. The van der Waals surface area contributed by atoms with Crippen LogP contribution in [0, 0.1) is 5.92 Å². The maximum absolute atomic E-state index is 12.4. The maximum Gasteiger partial charge on any atom is 0.222 e. The number of nitrogens with zero attached hydrogens (tertiary/aromatic N) is 1. The van der Waals surface area contributed by atoms with Gasteiger partial charge in [0.1, 0.15) is 0 Å². The number of carbonyl (C=O) groups is 1. The highest BCUT2D eigenvalue weighted by Gasteiger charge is 2.37. The number of amides is 1. The highest BCUT2D eigenvalue weighted by molar-refractivity contribution is 5.76. The summed E-state index contributed by atoms with van der Waals surface area (Å²) in [4.78, 5) is 14.5. The van der Waals surface area contributed by atoms with Crippen molar-refractivity contribution in [2.75, 3.05) is 26.2 Å². The molecule has 1 N–H and O–H groups in total. The number of carbonyl (C=O) groups excluding carboxylic acids is 1. The molecule has 2 fully saturated rings. The molecule has 21 heavy (non-hydrogen) atoms. The van der Waals surface area contributed by atoms with Gasteiger partial charge in [-0.1, -0.05) is 37.3 Å². The van der Waals surface area contributed by atoms with Crippen LogP contribution in [0.2, 0.25) is 0 Å². The molecule has 2 aliphatic heterocycles. The van der Waals surface area contributed by atoms with E-state index in [4.69, 9.17) is 0 Å². The Morgan fingerprint density at radius 1 is 1.38 bits per heavy atom. The number of hydrogen-bond acceptors (Lipinski definition) is 2. The molecule has 2 aliphatic rings. The standard InChI is InChI=1S/C18H26N2O/c1-18(16-5-3-2-4-6-16)10-12-20(14-18)17(21)8-7-15-9-11-19-13-15/h2-6,15,19H,7-14H2,1H3. The lowest BCUT2D eigenvalue weighted by Gasteiger charge is -2.25. The third-order valence-corrected chi connectivity index (χ3v) is 5.23. The van der Waals surface area contributed by atoms with E-state index >= 15 is 0 Å². The van der Waals surface area contributed by atoms with E-state index < -0.39 is 0 Å².